The average Bonchev–Trinajstić information content (AvgIpc) is 3.09. The van der Waals surface area contributed by atoms with E-state index in [2.05, 4.69) is 17.0 Å². The van der Waals surface area contributed by atoms with Gasteiger partial charge in [-0.2, -0.15) is 5.10 Å². The van der Waals surface area contributed by atoms with Gasteiger partial charge in [-0.3, -0.25) is 14.5 Å². The Kier molecular flexibility index (Phi) is 3.49. The van der Waals surface area contributed by atoms with Gasteiger partial charge in [0.25, 0.3) is 5.91 Å². The SMILES string of the molecule is CCCc1nn(C)c2c1N=C(c1ccc(Cl)cc1)N1C(=O)CN=C21. The molecule has 0 spiro atoms. The zero-order chi connectivity index (χ0) is 16.8. The quantitative estimate of drug-likeness (QED) is 0.861. The zero-order valence-electron chi connectivity index (χ0n) is 13.5. The lowest BCUT2D eigenvalue weighted by molar-refractivity contribution is -0.122. The molecule has 6 nitrogen and oxygen atoms in total. The normalized spacial score (nSPS) is 16.0. The van der Waals surface area contributed by atoms with Crippen molar-refractivity contribution in [3.05, 3.63) is 46.2 Å². The van der Waals surface area contributed by atoms with Gasteiger partial charge in [-0.1, -0.05) is 24.9 Å². The maximum atomic E-state index is 12.4. The molecular weight excluding hydrogens is 326 g/mol. The minimum Gasteiger partial charge on any atom is -0.272 e. The molecule has 0 N–H and O–H groups in total. The number of amidine groups is 2. The Morgan fingerprint density at radius 1 is 1.21 bits per heavy atom. The molecule has 1 aromatic carbocycles. The summed E-state index contributed by atoms with van der Waals surface area (Å²) in [7, 11) is 1.87. The first-order valence-electron chi connectivity index (χ1n) is 7.88. The Bertz CT molecular complexity index is 894. The number of nitrogens with zero attached hydrogens (tertiary/aromatic N) is 5. The van der Waals surface area contributed by atoms with E-state index in [-0.39, 0.29) is 12.5 Å². The maximum Gasteiger partial charge on any atom is 0.255 e. The van der Waals surface area contributed by atoms with Crippen LogP contribution in [0.25, 0.3) is 0 Å². The van der Waals surface area contributed by atoms with Gasteiger partial charge in [-0.15, -0.1) is 0 Å². The van der Waals surface area contributed by atoms with Crippen LogP contribution >= 0.6 is 11.6 Å². The molecule has 0 aliphatic carbocycles. The van der Waals surface area contributed by atoms with E-state index in [1.165, 1.54) is 0 Å². The summed E-state index contributed by atoms with van der Waals surface area (Å²) in [5.41, 5.74) is 3.39. The third-order valence-corrected chi connectivity index (χ3v) is 4.40. The highest BCUT2D eigenvalue weighted by molar-refractivity contribution is 6.31. The van der Waals surface area contributed by atoms with Gasteiger partial charge in [-0.05, 0) is 30.7 Å². The van der Waals surface area contributed by atoms with Crippen LogP contribution in [0.15, 0.2) is 34.3 Å². The summed E-state index contributed by atoms with van der Waals surface area (Å²) in [6.45, 7) is 2.24. The highest BCUT2D eigenvalue weighted by Gasteiger charge is 2.39. The first kappa shape index (κ1) is 15.1. The fourth-order valence-corrected chi connectivity index (χ4v) is 3.22. The van der Waals surface area contributed by atoms with Crippen LogP contribution in [0.1, 0.15) is 30.3 Å². The van der Waals surface area contributed by atoms with Crippen LogP contribution in [-0.4, -0.2) is 38.8 Å². The molecule has 7 heteroatoms. The predicted octanol–water partition coefficient (Wildman–Crippen LogP) is 2.71. The molecule has 0 bridgehead atoms. The van der Waals surface area contributed by atoms with Crippen molar-refractivity contribution >= 4 is 34.9 Å². The third-order valence-electron chi connectivity index (χ3n) is 4.15. The van der Waals surface area contributed by atoms with Crippen LogP contribution in [0, 0.1) is 0 Å². The molecule has 24 heavy (non-hydrogen) atoms. The molecule has 0 atom stereocenters. The van der Waals surface area contributed by atoms with E-state index in [1.54, 1.807) is 21.7 Å². The number of carbonyl (C=O) groups is 1. The standard InChI is InChI=1S/C17H16ClN5O/c1-3-4-12-14-15(22(2)21-12)17-19-9-13(24)23(17)16(20-14)10-5-7-11(18)8-6-10/h5-8H,3-4,9H2,1-2H3. The van der Waals surface area contributed by atoms with Crippen LogP contribution < -0.4 is 0 Å². The second-order valence-electron chi connectivity index (χ2n) is 5.83. The Balaban J connectivity index is 1.94. The molecule has 0 fully saturated rings. The number of carbonyl (C=O) groups excluding carboxylic acids is 1. The lowest BCUT2D eigenvalue weighted by atomic mass is 10.1. The van der Waals surface area contributed by atoms with Gasteiger partial charge in [0.1, 0.15) is 23.8 Å². The van der Waals surface area contributed by atoms with Crippen molar-refractivity contribution in [2.24, 2.45) is 17.0 Å². The molecule has 2 aromatic rings. The highest BCUT2D eigenvalue weighted by Crippen LogP contribution is 2.34. The Labute approximate surface area is 144 Å². The maximum absolute atomic E-state index is 12.4. The summed E-state index contributed by atoms with van der Waals surface area (Å²) in [5, 5.41) is 5.22. The van der Waals surface area contributed by atoms with Gasteiger partial charge in [0.2, 0.25) is 0 Å². The monoisotopic (exact) mass is 341 g/mol. The fraction of sp³-hybridized carbons (Fsp3) is 0.294. The molecule has 0 saturated heterocycles. The smallest absolute Gasteiger partial charge is 0.255 e. The molecule has 2 aliphatic heterocycles. The van der Waals surface area contributed by atoms with E-state index in [0.29, 0.717) is 16.7 Å². The number of halogens is 1. The minimum absolute atomic E-state index is 0.0809. The largest absolute Gasteiger partial charge is 0.272 e. The van der Waals surface area contributed by atoms with Crippen molar-refractivity contribution in [3.8, 4) is 0 Å². The van der Waals surface area contributed by atoms with E-state index in [9.17, 15) is 4.79 Å². The number of rotatable bonds is 3. The lowest BCUT2D eigenvalue weighted by Crippen LogP contribution is -2.42. The van der Waals surface area contributed by atoms with Crippen LogP contribution in [-0.2, 0) is 18.3 Å². The molecule has 1 aromatic heterocycles. The van der Waals surface area contributed by atoms with Crippen LogP contribution in [0.5, 0.6) is 0 Å². The number of aliphatic imine (C=N–C) groups is 2. The van der Waals surface area contributed by atoms with Crippen molar-refractivity contribution in [3.63, 3.8) is 0 Å². The van der Waals surface area contributed by atoms with Gasteiger partial charge in [0, 0.05) is 17.6 Å². The summed E-state index contributed by atoms with van der Waals surface area (Å²) in [5.74, 6) is 1.14. The number of hydrogen-bond donors (Lipinski definition) is 0. The van der Waals surface area contributed by atoms with Gasteiger partial charge < -0.3 is 0 Å². The van der Waals surface area contributed by atoms with E-state index >= 15 is 0 Å². The second kappa shape index (κ2) is 5.56. The van der Waals surface area contributed by atoms with Crippen molar-refractivity contribution in [1.29, 1.82) is 0 Å². The van der Waals surface area contributed by atoms with Crippen LogP contribution in [0.3, 0.4) is 0 Å². The first-order valence-corrected chi connectivity index (χ1v) is 8.26. The van der Waals surface area contributed by atoms with E-state index < -0.39 is 0 Å². The molecule has 1 amide bonds. The van der Waals surface area contributed by atoms with Crippen molar-refractivity contribution in [1.82, 2.24) is 14.7 Å². The zero-order valence-corrected chi connectivity index (χ0v) is 14.2. The Morgan fingerprint density at radius 2 is 1.96 bits per heavy atom. The first-order chi connectivity index (χ1) is 11.6. The van der Waals surface area contributed by atoms with Crippen molar-refractivity contribution < 1.29 is 4.79 Å². The molecule has 0 radical (unpaired) electrons. The summed E-state index contributed by atoms with van der Waals surface area (Å²) in [6.07, 6.45) is 1.81. The average molecular weight is 342 g/mol. The lowest BCUT2D eigenvalue weighted by Gasteiger charge is -2.25. The summed E-state index contributed by atoms with van der Waals surface area (Å²) in [4.78, 5) is 23.2. The van der Waals surface area contributed by atoms with E-state index in [4.69, 9.17) is 16.6 Å². The molecule has 3 heterocycles. The number of benzene rings is 1. The molecule has 4 rings (SSSR count). The van der Waals surface area contributed by atoms with Crippen molar-refractivity contribution in [2.75, 3.05) is 6.54 Å². The number of aryl methyl sites for hydroxylation is 2. The number of hydrogen-bond acceptors (Lipinski definition) is 4. The fourth-order valence-electron chi connectivity index (χ4n) is 3.09. The van der Waals surface area contributed by atoms with Crippen LogP contribution in [0.4, 0.5) is 5.69 Å². The van der Waals surface area contributed by atoms with Crippen LogP contribution in [0.2, 0.25) is 5.02 Å². The Hall–Kier alpha value is -2.47. The third kappa shape index (κ3) is 2.17. The summed E-state index contributed by atoms with van der Waals surface area (Å²) < 4.78 is 1.77. The number of fused-ring (bicyclic) bond motifs is 3. The number of aromatic nitrogens is 2. The molecule has 2 aliphatic rings. The summed E-state index contributed by atoms with van der Waals surface area (Å²) in [6, 6.07) is 7.32. The minimum atomic E-state index is -0.0809. The van der Waals surface area contributed by atoms with E-state index in [1.807, 2.05) is 19.2 Å². The van der Waals surface area contributed by atoms with Crippen molar-refractivity contribution in [2.45, 2.75) is 19.8 Å². The molecule has 0 unspecified atom stereocenters. The molecule has 0 saturated carbocycles. The second-order valence-corrected chi connectivity index (χ2v) is 6.27. The number of amides is 1. The van der Waals surface area contributed by atoms with Gasteiger partial charge >= 0.3 is 0 Å². The topological polar surface area (TPSA) is 62.9 Å². The van der Waals surface area contributed by atoms with Gasteiger partial charge in [0.05, 0.1) is 5.69 Å². The predicted molar refractivity (Wildman–Crippen MR) is 93.1 cm³/mol. The molecule has 122 valence electrons. The summed E-state index contributed by atoms with van der Waals surface area (Å²) >= 11 is 5.98. The van der Waals surface area contributed by atoms with Gasteiger partial charge in [-0.25, -0.2) is 9.89 Å². The molecular formula is C17H16ClN5O. The Morgan fingerprint density at radius 3 is 2.67 bits per heavy atom. The van der Waals surface area contributed by atoms with Gasteiger partial charge in [0.15, 0.2) is 5.84 Å². The highest BCUT2D eigenvalue weighted by atomic mass is 35.5. The van der Waals surface area contributed by atoms with E-state index in [0.717, 1.165) is 35.5 Å².